The third-order valence-corrected chi connectivity index (χ3v) is 8.30. The van der Waals surface area contributed by atoms with E-state index >= 15 is 0 Å². The molecule has 0 fully saturated rings. The number of fused-ring (bicyclic) bond motifs is 1. The zero-order valence-corrected chi connectivity index (χ0v) is 21.6. The van der Waals surface area contributed by atoms with Gasteiger partial charge in [0.2, 0.25) is 0 Å². The number of nitrogens with one attached hydrogen (secondary N) is 2. The molecule has 4 aromatic rings. The van der Waals surface area contributed by atoms with Gasteiger partial charge in [0.25, 0.3) is 0 Å². The quantitative estimate of drug-likeness (QED) is 0.349. The summed E-state index contributed by atoms with van der Waals surface area (Å²) in [6.45, 7) is 3.71. The van der Waals surface area contributed by atoms with Gasteiger partial charge in [0, 0.05) is 35.5 Å². The molecule has 190 valence electrons. The zero-order chi connectivity index (χ0) is 26.0. The highest BCUT2D eigenvalue weighted by atomic mass is 32.2. The van der Waals surface area contributed by atoms with Crippen molar-refractivity contribution in [2.24, 2.45) is 7.05 Å². The Morgan fingerprint density at radius 1 is 1.05 bits per heavy atom. The first-order chi connectivity index (χ1) is 17.8. The predicted molar refractivity (Wildman–Crippen MR) is 142 cm³/mol. The average molecular weight is 517 g/mol. The highest BCUT2D eigenvalue weighted by Gasteiger charge is 2.21. The fourth-order valence-corrected chi connectivity index (χ4v) is 6.01. The van der Waals surface area contributed by atoms with Crippen molar-refractivity contribution in [2.75, 3.05) is 5.32 Å². The van der Waals surface area contributed by atoms with E-state index in [4.69, 9.17) is 0 Å². The van der Waals surface area contributed by atoms with Crippen molar-refractivity contribution in [1.29, 1.82) is 0 Å². The van der Waals surface area contributed by atoms with E-state index in [2.05, 4.69) is 21.0 Å². The van der Waals surface area contributed by atoms with E-state index in [-0.39, 0.29) is 22.7 Å². The van der Waals surface area contributed by atoms with Crippen molar-refractivity contribution in [3.63, 3.8) is 0 Å². The molecule has 1 atom stereocenters. The van der Waals surface area contributed by atoms with Gasteiger partial charge in [0.05, 0.1) is 28.6 Å². The lowest BCUT2D eigenvalue weighted by Gasteiger charge is -2.17. The topological polar surface area (TPSA) is 110 Å². The van der Waals surface area contributed by atoms with Gasteiger partial charge in [-0.2, -0.15) is 5.10 Å². The van der Waals surface area contributed by atoms with Gasteiger partial charge >= 0.3 is 6.03 Å². The minimum atomic E-state index is -3.62. The molecule has 0 aliphatic carbocycles. The number of carbonyl (C=O) groups is 1. The summed E-state index contributed by atoms with van der Waals surface area (Å²) in [6, 6.07) is 19.8. The maximum atomic E-state index is 13.4. The summed E-state index contributed by atoms with van der Waals surface area (Å²) in [7, 11) is -1.83. The Morgan fingerprint density at radius 3 is 2.59 bits per heavy atom. The van der Waals surface area contributed by atoms with E-state index in [1.165, 1.54) is 11.1 Å². The molecule has 5 rings (SSSR count). The van der Waals surface area contributed by atoms with E-state index in [1.807, 2.05) is 55.5 Å². The number of rotatable bonds is 7. The molecule has 4 N–H and O–H groups in total. The highest BCUT2D eigenvalue weighted by Crippen LogP contribution is 2.32. The van der Waals surface area contributed by atoms with Crippen LogP contribution in [0.1, 0.15) is 35.2 Å². The number of sulfone groups is 1. The van der Waals surface area contributed by atoms with Crippen molar-refractivity contribution < 1.29 is 18.5 Å². The molecule has 0 bridgehead atoms. The number of nitrogens with two attached hydrogens (primary N) is 1. The van der Waals surface area contributed by atoms with Crippen molar-refractivity contribution in [3.05, 3.63) is 101 Å². The normalized spacial score (nSPS) is 13.7. The van der Waals surface area contributed by atoms with Gasteiger partial charge in [0.1, 0.15) is 13.1 Å². The van der Waals surface area contributed by atoms with Gasteiger partial charge in [-0.15, -0.1) is 0 Å². The van der Waals surface area contributed by atoms with Gasteiger partial charge in [-0.1, -0.05) is 42.5 Å². The van der Waals surface area contributed by atoms with Crippen molar-refractivity contribution >= 4 is 21.6 Å². The van der Waals surface area contributed by atoms with E-state index in [0.717, 1.165) is 24.2 Å². The monoisotopic (exact) mass is 516 g/mol. The Hall–Kier alpha value is -3.95. The minimum Gasteiger partial charge on any atom is -0.339 e. The number of amides is 2. The summed E-state index contributed by atoms with van der Waals surface area (Å²) in [6.07, 6.45) is 3.44. The SMILES string of the molecule is CC(NC(=O)Nc1ccc(S(=O)(=O)Cc2ccc3c(c2)C[NH2+]C3)cc1-c1cnn(C)c1)c1ccccc1. The average Bonchev–Trinajstić information content (AvgIpc) is 3.53. The summed E-state index contributed by atoms with van der Waals surface area (Å²) < 4.78 is 28.4. The van der Waals surface area contributed by atoms with Gasteiger partial charge < -0.3 is 16.0 Å². The van der Waals surface area contributed by atoms with Crippen LogP contribution in [-0.2, 0) is 35.7 Å². The Labute approximate surface area is 216 Å². The van der Waals surface area contributed by atoms with Crippen molar-refractivity contribution in [2.45, 2.75) is 36.7 Å². The minimum absolute atomic E-state index is 0.0887. The number of quaternary nitrogens is 1. The Morgan fingerprint density at radius 2 is 1.84 bits per heavy atom. The van der Waals surface area contributed by atoms with E-state index in [0.29, 0.717) is 16.8 Å². The number of nitrogens with zero attached hydrogens (tertiary/aromatic N) is 2. The molecular formula is C28H30N5O3S+. The van der Waals surface area contributed by atoms with Crippen molar-refractivity contribution in [1.82, 2.24) is 15.1 Å². The van der Waals surface area contributed by atoms with E-state index in [1.54, 1.807) is 42.3 Å². The van der Waals surface area contributed by atoms with Crippen LogP contribution >= 0.6 is 0 Å². The molecule has 9 heteroatoms. The van der Waals surface area contributed by atoms with Crippen LogP contribution < -0.4 is 16.0 Å². The molecule has 8 nitrogen and oxygen atoms in total. The van der Waals surface area contributed by atoms with Crippen LogP contribution in [0.2, 0.25) is 0 Å². The molecular weight excluding hydrogens is 486 g/mol. The maximum absolute atomic E-state index is 13.4. The molecule has 1 unspecified atom stereocenters. The Bertz CT molecular complexity index is 1550. The van der Waals surface area contributed by atoms with Crippen LogP contribution in [0.5, 0.6) is 0 Å². The Kier molecular flexibility index (Phi) is 6.82. The smallest absolute Gasteiger partial charge is 0.319 e. The summed E-state index contributed by atoms with van der Waals surface area (Å²) in [5, 5.41) is 12.3. The van der Waals surface area contributed by atoms with Gasteiger partial charge in [0.15, 0.2) is 9.84 Å². The molecule has 2 heterocycles. The maximum Gasteiger partial charge on any atom is 0.319 e. The lowest BCUT2D eigenvalue weighted by Crippen LogP contribution is -2.77. The number of hydrogen-bond acceptors (Lipinski definition) is 4. The van der Waals surface area contributed by atoms with Crippen LogP contribution in [0.3, 0.4) is 0 Å². The number of urea groups is 1. The first kappa shape index (κ1) is 24.7. The molecule has 0 spiro atoms. The van der Waals surface area contributed by atoms with Crippen LogP contribution in [0, 0.1) is 0 Å². The molecule has 37 heavy (non-hydrogen) atoms. The largest absolute Gasteiger partial charge is 0.339 e. The first-order valence-electron chi connectivity index (χ1n) is 12.2. The van der Waals surface area contributed by atoms with Crippen LogP contribution in [0.4, 0.5) is 10.5 Å². The number of hydrogen-bond donors (Lipinski definition) is 3. The summed E-state index contributed by atoms with van der Waals surface area (Å²) in [4.78, 5) is 13.0. The second-order valence-electron chi connectivity index (χ2n) is 9.40. The van der Waals surface area contributed by atoms with Crippen LogP contribution in [0.25, 0.3) is 11.1 Å². The van der Waals surface area contributed by atoms with Crippen LogP contribution in [0.15, 0.2) is 84.0 Å². The van der Waals surface area contributed by atoms with Gasteiger partial charge in [-0.3, -0.25) is 4.68 Å². The fraction of sp³-hybridized carbons (Fsp3) is 0.214. The number of anilines is 1. The predicted octanol–water partition coefficient (Wildman–Crippen LogP) is 3.52. The lowest BCUT2D eigenvalue weighted by atomic mass is 10.1. The zero-order valence-electron chi connectivity index (χ0n) is 20.8. The number of aromatic nitrogens is 2. The molecule has 0 saturated carbocycles. The highest BCUT2D eigenvalue weighted by molar-refractivity contribution is 7.90. The third kappa shape index (κ3) is 5.58. The lowest BCUT2D eigenvalue weighted by molar-refractivity contribution is -0.676. The van der Waals surface area contributed by atoms with Crippen molar-refractivity contribution in [3.8, 4) is 11.1 Å². The first-order valence-corrected chi connectivity index (χ1v) is 13.8. The van der Waals surface area contributed by atoms with Crippen LogP contribution in [-0.4, -0.2) is 24.2 Å². The number of carbonyl (C=O) groups excluding carboxylic acids is 1. The second-order valence-corrected chi connectivity index (χ2v) is 11.4. The van der Waals surface area contributed by atoms with Gasteiger partial charge in [-0.05, 0) is 42.3 Å². The molecule has 2 amide bonds. The van der Waals surface area contributed by atoms with E-state index < -0.39 is 9.84 Å². The number of aryl methyl sites for hydroxylation is 1. The molecule has 0 radical (unpaired) electrons. The fourth-order valence-electron chi connectivity index (χ4n) is 4.65. The summed E-state index contributed by atoms with van der Waals surface area (Å²) in [5.41, 5.74) is 6.00. The third-order valence-electron chi connectivity index (χ3n) is 6.62. The standard InChI is InChI=1S/C28H29N5O3S/c1-19(21-6-4-3-5-7-21)31-28(34)32-27-11-10-25(13-26(27)24-16-30-33(2)17-24)37(35,36)18-20-8-9-22-14-29-15-23(22)12-20/h3-13,16-17,19,29H,14-15,18H2,1-2H3,(H2,31,32,34)/p+1. The summed E-state index contributed by atoms with van der Waals surface area (Å²) in [5.74, 6) is -0.0887. The molecule has 3 aromatic carbocycles. The molecule has 0 saturated heterocycles. The molecule has 1 aliphatic heterocycles. The second kappa shape index (κ2) is 10.2. The van der Waals surface area contributed by atoms with E-state index in [9.17, 15) is 13.2 Å². The number of benzene rings is 3. The van der Waals surface area contributed by atoms with Gasteiger partial charge in [-0.25, -0.2) is 13.2 Å². The molecule has 1 aliphatic rings. The molecule has 1 aromatic heterocycles. The Balaban J connectivity index is 1.41. The summed E-state index contributed by atoms with van der Waals surface area (Å²) >= 11 is 0.